The van der Waals surface area contributed by atoms with Gasteiger partial charge in [0.1, 0.15) is 12.3 Å². The summed E-state index contributed by atoms with van der Waals surface area (Å²) in [5, 5.41) is 6.47. The van der Waals surface area contributed by atoms with Crippen molar-refractivity contribution in [1.29, 1.82) is 0 Å². The van der Waals surface area contributed by atoms with Crippen LogP contribution in [0.4, 0.5) is 5.69 Å². The normalized spacial score (nSPS) is 10.8. The Morgan fingerprint density at radius 3 is 2.45 bits per heavy atom. The van der Waals surface area contributed by atoms with Gasteiger partial charge < -0.3 is 15.4 Å². The van der Waals surface area contributed by atoms with Crippen LogP contribution in [-0.4, -0.2) is 34.6 Å². The van der Waals surface area contributed by atoms with Gasteiger partial charge in [0.2, 0.25) is 11.8 Å². The smallest absolute Gasteiger partial charge is 0.331 e. The van der Waals surface area contributed by atoms with Gasteiger partial charge in [-0.1, -0.05) is 41.9 Å². The van der Waals surface area contributed by atoms with Crippen LogP contribution >= 0.6 is 11.6 Å². The molecule has 0 radical (unpaired) electrons. The van der Waals surface area contributed by atoms with Crippen molar-refractivity contribution in [2.45, 2.75) is 25.9 Å². The number of benzene rings is 3. The summed E-state index contributed by atoms with van der Waals surface area (Å²) in [5.41, 5.74) is 0.699. The number of halogens is 1. The van der Waals surface area contributed by atoms with Crippen LogP contribution in [0.5, 0.6) is 5.75 Å². The van der Waals surface area contributed by atoms with E-state index < -0.39 is 17.2 Å². The Kier molecular flexibility index (Phi) is 8.60. The molecular weight excluding hydrogens is 508 g/mol. The lowest BCUT2D eigenvalue weighted by Gasteiger charge is -2.14. The second-order valence-electron chi connectivity index (χ2n) is 8.60. The maximum Gasteiger partial charge on any atom is 0.331 e. The summed E-state index contributed by atoms with van der Waals surface area (Å²) >= 11 is 5.89. The fourth-order valence-corrected chi connectivity index (χ4v) is 4.19. The van der Waals surface area contributed by atoms with E-state index in [2.05, 4.69) is 10.6 Å². The van der Waals surface area contributed by atoms with Crippen molar-refractivity contribution < 1.29 is 14.3 Å². The van der Waals surface area contributed by atoms with E-state index in [1.54, 1.807) is 60.7 Å². The Morgan fingerprint density at radius 1 is 0.921 bits per heavy atom. The number of methoxy groups -OCH3 is 1. The molecule has 2 amide bonds. The van der Waals surface area contributed by atoms with Crippen LogP contribution in [0.2, 0.25) is 5.02 Å². The molecule has 3 aromatic carbocycles. The fraction of sp³-hybridized carbons (Fsp3) is 0.214. The molecule has 4 aromatic rings. The number of fused-ring (bicyclic) bond motifs is 1. The molecule has 0 fully saturated rings. The minimum absolute atomic E-state index is 0.0654. The summed E-state index contributed by atoms with van der Waals surface area (Å²) in [6, 6.07) is 20.8. The molecule has 2 N–H and O–H groups in total. The SMILES string of the molecule is COc1cccc(NC(=O)Cn2c(=O)n(CCC(=O)NCCc3ccc(Cl)cc3)c(=O)c3ccccc32)c1. The number of hydrogen-bond donors (Lipinski definition) is 2. The van der Waals surface area contributed by atoms with Crippen LogP contribution < -0.4 is 26.6 Å². The third-order valence-corrected chi connectivity index (χ3v) is 6.25. The molecule has 9 nitrogen and oxygen atoms in total. The Morgan fingerprint density at radius 2 is 1.68 bits per heavy atom. The quantitative estimate of drug-likeness (QED) is 0.324. The number of para-hydroxylation sites is 1. The summed E-state index contributed by atoms with van der Waals surface area (Å²) in [5.74, 6) is -0.165. The van der Waals surface area contributed by atoms with Gasteiger partial charge in [0.25, 0.3) is 5.56 Å². The van der Waals surface area contributed by atoms with Gasteiger partial charge >= 0.3 is 5.69 Å². The molecule has 1 heterocycles. The molecule has 196 valence electrons. The largest absolute Gasteiger partial charge is 0.497 e. The van der Waals surface area contributed by atoms with E-state index in [-0.39, 0.29) is 30.8 Å². The van der Waals surface area contributed by atoms with Crippen LogP contribution in [0.1, 0.15) is 12.0 Å². The third-order valence-electron chi connectivity index (χ3n) is 6.00. The van der Waals surface area contributed by atoms with Crippen LogP contribution in [-0.2, 0) is 29.1 Å². The first-order valence-corrected chi connectivity index (χ1v) is 12.4. The highest BCUT2D eigenvalue weighted by molar-refractivity contribution is 6.30. The first-order valence-electron chi connectivity index (χ1n) is 12.0. The van der Waals surface area contributed by atoms with Crippen LogP contribution in [0.15, 0.2) is 82.4 Å². The standard InChI is InChI=1S/C28H27ClN4O5/c1-38-22-6-4-5-21(17-22)31-26(35)18-33-24-8-3-2-7-23(24)27(36)32(28(33)37)16-14-25(34)30-15-13-19-9-11-20(29)12-10-19/h2-12,17H,13-16,18H2,1H3,(H,30,34)(H,31,35). The van der Waals surface area contributed by atoms with Gasteiger partial charge in [-0.25, -0.2) is 4.79 Å². The number of aromatic nitrogens is 2. The van der Waals surface area contributed by atoms with Crippen molar-refractivity contribution >= 4 is 40.0 Å². The van der Waals surface area contributed by atoms with Crippen LogP contribution in [0, 0.1) is 0 Å². The zero-order valence-electron chi connectivity index (χ0n) is 20.8. The van der Waals surface area contributed by atoms with E-state index in [1.807, 2.05) is 12.1 Å². The van der Waals surface area contributed by atoms with Crippen molar-refractivity contribution in [2.24, 2.45) is 0 Å². The Hall–Kier alpha value is -4.37. The summed E-state index contributed by atoms with van der Waals surface area (Å²) < 4.78 is 7.42. The maximum absolute atomic E-state index is 13.3. The van der Waals surface area contributed by atoms with Gasteiger partial charge in [0.05, 0.1) is 18.0 Å². The molecule has 1 aromatic heterocycles. The fourth-order valence-electron chi connectivity index (χ4n) is 4.06. The molecule has 0 aliphatic rings. The minimum atomic E-state index is -0.663. The molecule has 10 heteroatoms. The highest BCUT2D eigenvalue weighted by Gasteiger charge is 2.16. The molecule has 0 unspecified atom stereocenters. The van der Waals surface area contributed by atoms with Crippen molar-refractivity contribution in [3.8, 4) is 5.75 Å². The van der Waals surface area contributed by atoms with E-state index in [9.17, 15) is 19.2 Å². The topological polar surface area (TPSA) is 111 Å². The first kappa shape index (κ1) is 26.7. The van der Waals surface area contributed by atoms with E-state index in [0.717, 1.165) is 10.1 Å². The second-order valence-corrected chi connectivity index (χ2v) is 9.04. The lowest BCUT2D eigenvalue weighted by molar-refractivity contribution is -0.121. The third kappa shape index (κ3) is 6.49. The van der Waals surface area contributed by atoms with Gasteiger partial charge in [-0.3, -0.25) is 23.5 Å². The van der Waals surface area contributed by atoms with E-state index in [4.69, 9.17) is 16.3 Å². The van der Waals surface area contributed by atoms with Gasteiger partial charge in [0, 0.05) is 36.3 Å². The highest BCUT2D eigenvalue weighted by atomic mass is 35.5. The Balaban J connectivity index is 1.48. The van der Waals surface area contributed by atoms with Gasteiger partial charge in [-0.05, 0) is 48.4 Å². The van der Waals surface area contributed by atoms with Gasteiger partial charge in [0.15, 0.2) is 0 Å². The number of carbonyl (C=O) groups excluding carboxylic acids is 2. The van der Waals surface area contributed by atoms with Gasteiger partial charge in [-0.2, -0.15) is 0 Å². The minimum Gasteiger partial charge on any atom is -0.497 e. The summed E-state index contributed by atoms with van der Waals surface area (Å²) in [6.45, 7) is -0.0291. The molecule has 0 saturated carbocycles. The number of rotatable bonds is 10. The van der Waals surface area contributed by atoms with Gasteiger partial charge in [-0.15, -0.1) is 0 Å². The molecule has 0 saturated heterocycles. The molecule has 0 aliphatic carbocycles. The number of nitrogens with zero attached hydrogens (tertiary/aromatic N) is 2. The van der Waals surface area contributed by atoms with E-state index in [1.165, 1.54) is 11.7 Å². The maximum atomic E-state index is 13.3. The summed E-state index contributed by atoms with van der Waals surface area (Å²) in [4.78, 5) is 51.7. The molecule has 0 spiro atoms. The summed E-state index contributed by atoms with van der Waals surface area (Å²) in [7, 11) is 1.52. The number of carbonyl (C=O) groups is 2. The lowest BCUT2D eigenvalue weighted by Crippen LogP contribution is -2.42. The lowest BCUT2D eigenvalue weighted by atomic mass is 10.1. The Labute approximate surface area is 223 Å². The number of hydrogen-bond acceptors (Lipinski definition) is 5. The average Bonchev–Trinajstić information content (AvgIpc) is 2.92. The number of amides is 2. The van der Waals surface area contributed by atoms with Crippen LogP contribution in [0.25, 0.3) is 10.9 Å². The molecule has 0 bridgehead atoms. The van der Waals surface area contributed by atoms with Crippen molar-refractivity contribution in [3.63, 3.8) is 0 Å². The molecule has 0 aliphatic heterocycles. The number of ether oxygens (including phenoxy) is 1. The van der Waals surface area contributed by atoms with Crippen molar-refractivity contribution in [2.75, 3.05) is 19.0 Å². The number of anilines is 1. The molecular formula is C28H27ClN4O5. The number of nitrogens with one attached hydrogen (secondary N) is 2. The highest BCUT2D eigenvalue weighted by Crippen LogP contribution is 2.17. The zero-order valence-corrected chi connectivity index (χ0v) is 21.5. The second kappa shape index (κ2) is 12.2. The average molecular weight is 535 g/mol. The predicted octanol–water partition coefficient (Wildman–Crippen LogP) is 3.21. The van der Waals surface area contributed by atoms with Crippen LogP contribution in [0.3, 0.4) is 0 Å². The van der Waals surface area contributed by atoms with E-state index >= 15 is 0 Å². The van der Waals surface area contributed by atoms with E-state index in [0.29, 0.717) is 34.9 Å². The zero-order chi connectivity index (χ0) is 27.1. The predicted molar refractivity (Wildman–Crippen MR) is 147 cm³/mol. The molecule has 0 atom stereocenters. The van der Waals surface area contributed by atoms with Crippen molar-refractivity contribution in [3.05, 3.63) is 104 Å². The monoisotopic (exact) mass is 534 g/mol. The van der Waals surface area contributed by atoms with Crippen molar-refractivity contribution in [1.82, 2.24) is 14.5 Å². The Bertz CT molecular complexity index is 1580. The summed E-state index contributed by atoms with van der Waals surface area (Å²) in [6.07, 6.45) is 0.554. The molecule has 4 rings (SSSR count). The first-order chi connectivity index (χ1) is 18.4. The molecule has 38 heavy (non-hydrogen) atoms.